The van der Waals surface area contributed by atoms with E-state index in [0.29, 0.717) is 48.8 Å². The van der Waals surface area contributed by atoms with Crippen molar-refractivity contribution in [3.05, 3.63) is 78.4 Å². The fourth-order valence-corrected chi connectivity index (χ4v) is 3.70. The smallest absolute Gasteiger partial charge is 0.246 e. The number of benzene rings is 2. The molecular weight excluding hydrogens is 409 g/mol. The van der Waals surface area contributed by atoms with Crippen LogP contribution < -0.4 is 4.90 Å². The maximum absolute atomic E-state index is 13.3. The van der Waals surface area contributed by atoms with E-state index in [1.165, 1.54) is 18.5 Å². The Labute approximate surface area is 183 Å². The zero-order valence-electron chi connectivity index (χ0n) is 17.2. The molecule has 2 aromatic heterocycles. The number of hydrogen-bond acceptors (Lipinski definition) is 6. The Morgan fingerprint density at radius 3 is 2.44 bits per heavy atom. The van der Waals surface area contributed by atoms with Gasteiger partial charge < -0.3 is 9.80 Å². The highest BCUT2D eigenvalue weighted by Gasteiger charge is 2.24. The molecule has 160 valence electrons. The second-order valence-electron chi connectivity index (χ2n) is 7.40. The van der Waals surface area contributed by atoms with E-state index in [2.05, 4.69) is 25.2 Å². The molecule has 8 nitrogen and oxygen atoms in total. The van der Waals surface area contributed by atoms with Crippen LogP contribution in [-0.2, 0) is 4.79 Å². The van der Waals surface area contributed by atoms with Crippen molar-refractivity contribution in [2.45, 2.75) is 0 Å². The molecule has 0 spiro atoms. The first-order chi connectivity index (χ1) is 15.7. The predicted molar refractivity (Wildman–Crippen MR) is 119 cm³/mol. The summed E-state index contributed by atoms with van der Waals surface area (Å²) in [5.41, 5.74) is 2.78. The molecule has 1 aliphatic rings. The van der Waals surface area contributed by atoms with Gasteiger partial charge >= 0.3 is 0 Å². The summed E-state index contributed by atoms with van der Waals surface area (Å²) in [4.78, 5) is 25.2. The summed E-state index contributed by atoms with van der Waals surface area (Å²) in [6.45, 7) is 2.41. The number of carbonyl (C=O) groups is 1. The lowest BCUT2D eigenvalue weighted by Crippen LogP contribution is -2.48. The number of aromatic nitrogens is 5. The van der Waals surface area contributed by atoms with Gasteiger partial charge in [0.05, 0.1) is 5.69 Å². The van der Waals surface area contributed by atoms with E-state index in [4.69, 9.17) is 0 Å². The average molecular weight is 429 g/mol. The van der Waals surface area contributed by atoms with E-state index in [-0.39, 0.29) is 11.7 Å². The third-order valence-corrected chi connectivity index (χ3v) is 5.40. The molecule has 0 bridgehead atoms. The Morgan fingerprint density at radius 1 is 0.938 bits per heavy atom. The Kier molecular flexibility index (Phi) is 5.29. The summed E-state index contributed by atoms with van der Waals surface area (Å²) in [5, 5.41) is 8.46. The second kappa shape index (κ2) is 8.54. The number of hydrogen-bond donors (Lipinski definition) is 0. The van der Waals surface area contributed by atoms with Crippen molar-refractivity contribution in [3.8, 4) is 5.69 Å². The molecule has 0 saturated carbocycles. The fraction of sp³-hybridized carbons (Fsp3) is 0.174. The molecule has 5 rings (SSSR count). The van der Waals surface area contributed by atoms with Crippen LogP contribution in [-0.4, -0.2) is 61.9 Å². The minimum atomic E-state index is -0.320. The van der Waals surface area contributed by atoms with Gasteiger partial charge in [0.15, 0.2) is 17.0 Å². The Bertz CT molecular complexity index is 1260. The zero-order valence-corrected chi connectivity index (χ0v) is 17.2. The first kappa shape index (κ1) is 19.8. The lowest BCUT2D eigenvalue weighted by atomic mass is 10.2. The second-order valence-corrected chi connectivity index (χ2v) is 7.40. The summed E-state index contributed by atoms with van der Waals surface area (Å²) in [6, 6.07) is 15.7. The summed E-state index contributed by atoms with van der Waals surface area (Å²) in [5.74, 6) is 0.346. The van der Waals surface area contributed by atoms with Crippen LogP contribution >= 0.6 is 0 Å². The molecule has 0 N–H and O–H groups in total. The maximum atomic E-state index is 13.3. The molecule has 0 atom stereocenters. The molecule has 32 heavy (non-hydrogen) atoms. The molecule has 1 aliphatic heterocycles. The molecule has 4 aromatic rings. The predicted octanol–water partition coefficient (Wildman–Crippen LogP) is 2.71. The van der Waals surface area contributed by atoms with Crippen LogP contribution in [0.25, 0.3) is 22.9 Å². The molecule has 0 aliphatic carbocycles. The van der Waals surface area contributed by atoms with Gasteiger partial charge in [-0.3, -0.25) is 4.79 Å². The van der Waals surface area contributed by atoms with Crippen LogP contribution in [0.2, 0.25) is 0 Å². The minimum Gasteiger partial charge on any atom is -0.351 e. The van der Waals surface area contributed by atoms with Crippen molar-refractivity contribution in [2.24, 2.45) is 0 Å². The minimum absolute atomic E-state index is 0.0106. The standard InChI is InChI=1S/C23H20FN7O/c24-18-7-9-19(10-8-18)31-23-21(27-28-31)22(25-16-26-23)30-14-12-29(13-15-30)20(32)11-6-17-4-2-1-3-5-17/h1-11,16H,12-15H2/b11-6-. The van der Waals surface area contributed by atoms with Crippen LogP contribution in [0.5, 0.6) is 0 Å². The first-order valence-electron chi connectivity index (χ1n) is 10.3. The quantitative estimate of drug-likeness (QED) is 0.464. The van der Waals surface area contributed by atoms with E-state index in [1.807, 2.05) is 41.3 Å². The van der Waals surface area contributed by atoms with Crippen molar-refractivity contribution >= 4 is 29.0 Å². The van der Waals surface area contributed by atoms with Gasteiger partial charge in [0.1, 0.15) is 12.1 Å². The Balaban J connectivity index is 1.30. The number of rotatable bonds is 4. The number of fused-ring (bicyclic) bond motifs is 1. The molecule has 1 fully saturated rings. The lowest BCUT2D eigenvalue weighted by molar-refractivity contribution is -0.126. The van der Waals surface area contributed by atoms with Crippen LogP contribution in [0.3, 0.4) is 0 Å². The number of carbonyl (C=O) groups excluding carboxylic acids is 1. The molecule has 3 heterocycles. The van der Waals surface area contributed by atoms with Gasteiger partial charge in [-0.05, 0) is 35.9 Å². The third kappa shape index (κ3) is 3.92. The van der Waals surface area contributed by atoms with Crippen molar-refractivity contribution in [3.63, 3.8) is 0 Å². The molecule has 9 heteroatoms. The maximum Gasteiger partial charge on any atom is 0.246 e. The van der Waals surface area contributed by atoms with Crippen LogP contribution in [0.1, 0.15) is 5.56 Å². The number of amides is 1. The monoisotopic (exact) mass is 429 g/mol. The molecular formula is C23H20FN7O. The normalized spacial score (nSPS) is 14.4. The topological polar surface area (TPSA) is 80.0 Å². The molecule has 1 amide bonds. The van der Waals surface area contributed by atoms with E-state index >= 15 is 0 Å². The lowest BCUT2D eigenvalue weighted by Gasteiger charge is -2.34. The largest absolute Gasteiger partial charge is 0.351 e. The van der Waals surface area contributed by atoms with Crippen molar-refractivity contribution in [1.29, 1.82) is 0 Å². The van der Waals surface area contributed by atoms with Crippen molar-refractivity contribution in [2.75, 3.05) is 31.1 Å². The molecule has 1 saturated heterocycles. The van der Waals surface area contributed by atoms with Gasteiger partial charge in [-0.1, -0.05) is 35.5 Å². The average Bonchev–Trinajstić information content (AvgIpc) is 3.28. The van der Waals surface area contributed by atoms with Crippen LogP contribution in [0.4, 0.5) is 10.2 Å². The molecule has 0 unspecified atom stereocenters. The molecule has 0 radical (unpaired) electrons. The highest BCUT2D eigenvalue weighted by atomic mass is 19.1. The van der Waals surface area contributed by atoms with Gasteiger partial charge in [0, 0.05) is 32.3 Å². The summed E-state index contributed by atoms with van der Waals surface area (Å²) in [7, 11) is 0. The number of nitrogens with zero attached hydrogens (tertiary/aromatic N) is 7. The Hall–Kier alpha value is -4.14. The van der Waals surface area contributed by atoms with E-state index < -0.39 is 0 Å². The Morgan fingerprint density at radius 2 is 1.69 bits per heavy atom. The van der Waals surface area contributed by atoms with Gasteiger partial charge in [-0.2, -0.15) is 4.68 Å². The fourth-order valence-electron chi connectivity index (χ4n) is 3.70. The number of piperazine rings is 1. The van der Waals surface area contributed by atoms with E-state index in [0.717, 1.165) is 5.56 Å². The zero-order chi connectivity index (χ0) is 21.9. The van der Waals surface area contributed by atoms with E-state index in [9.17, 15) is 9.18 Å². The summed E-state index contributed by atoms with van der Waals surface area (Å²) in [6.07, 6.45) is 4.92. The molecule has 2 aromatic carbocycles. The van der Waals surface area contributed by atoms with Crippen LogP contribution in [0.15, 0.2) is 67.0 Å². The summed E-state index contributed by atoms with van der Waals surface area (Å²) >= 11 is 0. The van der Waals surface area contributed by atoms with Gasteiger partial charge in [-0.25, -0.2) is 14.4 Å². The summed E-state index contributed by atoms with van der Waals surface area (Å²) < 4.78 is 14.8. The number of halogens is 1. The van der Waals surface area contributed by atoms with Crippen molar-refractivity contribution < 1.29 is 9.18 Å². The van der Waals surface area contributed by atoms with Gasteiger partial charge in [-0.15, -0.1) is 5.10 Å². The number of anilines is 1. The van der Waals surface area contributed by atoms with E-state index in [1.54, 1.807) is 22.9 Å². The first-order valence-corrected chi connectivity index (χ1v) is 10.3. The SMILES string of the molecule is O=C(/C=C\c1ccccc1)N1CCN(c2ncnc3c2nnn3-c2ccc(F)cc2)CC1. The highest BCUT2D eigenvalue weighted by molar-refractivity contribution is 5.92. The van der Waals surface area contributed by atoms with Gasteiger partial charge in [0.2, 0.25) is 5.91 Å². The van der Waals surface area contributed by atoms with Gasteiger partial charge in [0.25, 0.3) is 0 Å². The third-order valence-electron chi connectivity index (χ3n) is 5.40. The highest BCUT2D eigenvalue weighted by Crippen LogP contribution is 2.23. The van der Waals surface area contributed by atoms with Crippen molar-refractivity contribution in [1.82, 2.24) is 29.9 Å². The van der Waals surface area contributed by atoms with Crippen LogP contribution in [0, 0.1) is 5.82 Å².